The van der Waals surface area contributed by atoms with Crippen molar-refractivity contribution in [2.75, 3.05) is 19.6 Å². The first-order chi connectivity index (χ1) is 9.58. The van der Waals surface area contributed by atoms with Gasteiger partial charge < -0.3 is 9.84 Å². The molecular formula is C17H27NO2. The number of aliphatic hydroxyl groups is 1. The number of hydrogen-bond donors (Lipinski definition) is 1. The second-order valence-electron chi connectivity index (χ2n) is 5.92. The molecule has 0 radical (unpaired) electrons. The molecule has 1 heterocycles. The van der Waals surface area contributed by atoms with Crippen LogP contribution >= 0.6 is 0 Å². The van der Waals surface area contributed by atoms with Crippen LogP contribution in [0.25, 0.3) is 0 Å². The van der Waals surface area contributed by atoms with Crippen molar-refractivity contribution < 1.29 is 9.84 Å². The Morgan fingerprint density at radius 3 is 2.35 bits per heavy atom. The summed E-state index contributed by atoms with van der Waals surface area (Å²) in [6, 6.07) is 8.32. The largest absolute Gasteiger partial charge is 0.388 e. The minimum absolute atomic E-state index is 0.291. The zero-order valence-electron chi connectivity index (χ0n) is 12.9. The first-order valence-electron chi connectivity index (χ1n) is 7.73. The Hall–Kier alpha value is -0.900. The van der Waals surface area contributed by atoms with Crippen LogP contribution in [0.15, 0.2) is 24.3 Å². The van der Waals surface area contributed by atoms with Gasteiger partial charge in [0.2, 0.25) is 0 Å². The van der Waals surface area contributed by atoms with E-state index in [1.807, 2.05) is 12.1 Å². The van der Waals surface area contributed by atoms with Gasteiger partial charge >= 0.3 is 0 Å². The molecule has 112 valence electrons. The van der Waals surface area contributed by atoms with E-state index in [-0.39, 0.29) is 6.10 Å². The molecule has 1 fully saturated rings. The number of nitrogens with zero attached hydrogens (tertiary/aromatic N) is 1. The van der Waals surface area contributed by atoms with E-state index in [1.54, 1.807) is 0 Å². The van der Waals surface area contributed by atoms with Crippen LogP contribution in [0.5, 0.6) is 0 Å². The second kappa shape index (κ2) is 7.21. The smallest absolute Gasteiger partial charge is 0.0802 e. The van der Waals surface area contributed by atoms with Gasteiger partial charge in [-0.1, -0.05) is 31.2 Å². The van der Waals surface area contributed by atoms with Gasteiger partial charge in [-0.2, -0.15) is 0 Å². The fourth-order valence-electron chi connectivity index (χ4n) is 2.91. The molecule has 0 amide bonds. The zero-order chi connectivity index (χ0) is 14.5. The van der Waals surface area contributed by atoms with Crippen molar-refractivity contribution in [2.24, 2.45) is 0 Å². The van der Waals surface area contributed by atoms with Gasteiger partial charge in [-0.25, -0.2) is 0 Å². The van der Waals surface area contributed by atoms with Crippen LogP contribution in [0.1, 0.15) is 44.4 Å². The van der Waals surface area contributed by atoms with Gasteiger partial charge in [-0.05, 0) is 37.8 Å². The number of aryl methyl sites for hydroxylation is 1. The summed E-state index contributed by atoms with van der Waals surface area (Å²) in [6.07, 6.45) is 2.04. The van der Waals surface area contributed by atoms with Crippen LogP contribution < -0.4 is 0 Å². The average Bonchev–Trinajstić information content (AvgIpc) is 2.44. The SMILES string of the molecule is CCc1ccc(C(O)CCN2CC(C)OC(C)C2)cc1. The standard InChI is InChI=1S/C17H27NO2/c1-4-15-5-7-16(8-6-15)17(19)9-10-18-11-13(2)20-14(3)12-18/h5-8,13-14,17,19H,4,9-12H2,1-3H3. The monoisotopic (exact) mass is 277 g/mol. The Balaban J connectivity index is 1.83. The van der Waals surface area contributed by atoms with E-state index in [0.29, 0.717) is 12.2 Å². The van der Waals surface area contributed by atoms with Gasteiger partial charge in [-0.3, -0.25) is 4.90 Å². The highest BCUT2D eigenvalue weighted by atomic mass is 16.5. The molecule has 3 atom stereocenters. The van der Waals surface area contributed by atoms with E-state index in [9.17, 15) is 5.11 Å². The Labute approximate surface area is 122 Å². The summed E-state index contributed by atoms with van der Waals surface area (Å²) in [4.78, 5) is 2.39. The molecule has 3 nitrogen and oxygen atoms in total. The summed E-state index contributed by atoms with van der Waals surface area (Å²) in [5, 5.41) is 10.3. The van der Waals surface area contributed by atoms with Gasteiger partial charge in [-0.15, -0.1) is 0 Å². The summed E-state index contributed by atoms with van der Waals surface area (Å²) in [7, 11) is 0. The molecule has 1 aliphatic rings. The van der Waals surface area contributed by atoms with E-state index in [0.717, 1.165) is 38.0 Å². The lowest BCUT2D eigenvalue weighted by atomic mass is 10.0. The van der Waals surface area contributed by atoms with Crippen LogP contribution in [0, 0.1) is 0 Å². The van der Waals surface area contributed by atoms with Crippen molar-refractivity contribution in [3.63, 3.8) is 0 Å². The first kappa shape index (κ1) is 15.5. The van der Waals surface area contributed by atoms with Crippen LogP contribution in [-0.2, 0) is 11.2 Å². The predicted octanol–water partition coefficient (Wildman–Crippen LogP) is 2.78. The van der Waals surface area contributed by atoms with Gasteiger partial charge in [0.25, 0.3) is 0 Å². The van der Waals surface area contributed by atoms with Crippen LogP contribution in [0.4, 0.5) is 0 Å². The number of aliphatic hydroxyl groups excluding tert-OH is 1. The lowest BCUT2D eigenvalue weighted by molar-refractivity contribution is -0.0702. The molecule has 1 aromatic carbocycles. The number of ether oxygens (including phenoxy) is 1. The summed E-state index contributed by atoms with van der Waals surface area (Å²) in [5.41, 5.74) is 2.34. The fraction of sp³-hybridized carbons (Fsp3) is 0.647. The molecule has 3 unspecified atom stereocenters. The average molecular weight is 277 g/mol. The van der Waals surface area contributed by atoms with Gasteiger partial charge in [0.1, 0.15) is 0 Å². The topological polar surface area (TPSA) is 32.7 Å². The molecule has 0 bridgehead atoms. The Morgan fingerprint density at radius 2 is 1.80 bits per heavy atom. The van der Waals surface area contributed by atoms with Gasteiger partial charge in [0, 0.05) is 19.6 Å². The Bertz CT molecular complexity index is 394. The minimum atomic E-state index is -0.366. The molecule has 0 spiro atoms. The van der Waals surface area contributed by atoms with Crippen molar-refractivity contribution >= 4 is 0 Å². The molecule has 20 heavy (non-hydrogen) atoms. The molecule has 0 saturated carbocycles. The molecule has 2 rings (SSSR count). The minimum Gasteiger partial charge on any atom is -0.388 e. The summed E-state index contributed by atoms with van der Waals surface area (Å²) >= 11 is 0. The van der Waals surface area contributed by atoms with E-state index in [4.69, 9.17) is 4.74 Å². The van der Waals surface area contributed by atoms with Crippen molar-refractivity contribution in [3.8, 4) is 0 Å². The molecule has 0 aromatic heterocycles. The summed E-state index contributed by atoms with van der Waals surface area (Å²) < 4.78 is 5.73. The zero-order valence-corrected chi connectivity index (χ0v) is 12.9. The number of benzene rings is 1. The third-order valence-electron chi connectivity index (χ3n) is 3.99. The number of hydrogen-bond acceptors (Lipinski definition) is 3. The van der Waals surface area contributed by atoms with E-state index >= 15 is 0 Å². The maximum atomic E-state index is 10.3. The maximum Gasteiger partial charge on any atom is 0.0802 e. The van der Waals surface area contributed by atoms with E-state index in [1.165, 1.54) is 5.56 Å². The van der Waals surface area contributed by atoms with Crippen LogP contribution in [0.3, 0.4) is 0 Å². The molecule has 1 saturated heterocycles. The highest BCUT2D eigenvalue weighted by molar-refractivity contribution is 5.24. The Morgan fingerprint density at radius 1 is 1.20 bits per heavy atom. The normalized spacial score (nSPS) is 25.6. The molecule has 1 aliphatic heterocycles. The molecule has 1 N–H and O–H groups in total. The third kappa shape index (κ3) is 4.30. The van der Waals surface area contributed by atoms with Crippen molar-refractivity contribution in [1.82, 2.24) is 4.90 Å². The van der Waals surface area contributed by atoms with Gasteiger partial charge in [0.15, 0.2) is 0 Å². The highest BCUT2D eigenvalue weighted by Crippen LogP contribution is 2.19. The van der Waals surface area contributed by atoms with Crippen LogP contribution in [-0.4, -0.2) is 41.8 Å². The van der Waals surface area contributed by atoms with Crippen molar-refractivity contribution in [3.05, 3.63) is 35.4 Å². The highest BCUT2D eigenvalue weighted by Gasteiger charge is 2.22. The fourth-order valence-corrected chi connectivity index (χ4v) is 2.91. The number of rotatable bonds is 5. The molecular weight excluding hydrogens is 250 g/mol. The van der Waals surface area contributed by atoms with Gasteiger partial charge in [0.05, 0.1) is 18.3 Å². The summed E-state index contributed by atoms with van der Waals surface area (Å²) in [6.45, 7) is 9.23. The van der Waals surface area contributed by atoms with Crippen molar-refractivity contribution in [1.29, 1.82) is 0 Å². The van der Waals surface area contributed by atoms with Crippen molar-refractivity contribution in [2.45, 2.75) is 51.9 Å². The lowest BCUT2D eigenvalue weighted by Crippen LogP contribution is -2.45. The Kier molecular flexibility index (Phi) is 5.58. The first-order valence-corrected chi connectivity index (χ1v) is 7.73. The van der Waals surface area contributed by atoms with E-state index < -0.39 is 0 Å². The predicted molar refractivity (Wildman–Crippen MR) is 81.8 cm³/mol. The quantitative estimate of drug-likeness (QED) is 0.898. The number of morpholine rings is 1. The molecule has 1 aromatic rings. The summed E-state index contributed by atoms with van der Waals surface area (Å²) in [5.74, 6) is 0. The lowest BCUT2D eigenvalue weighted by Gasteiger charge is -2.35. The van der Waals surface area contributed by atoms with Crippen LogP contribution in [0.2, 0.25) is 0 Å². The second-order valence-corrected chi connectivity index (χ2v) is 5.92. The van der Waals surface area contributed by atoms with E-state index in [2.05, 4.69) is 37.8 Å². The maximum absolute atomic E-state index is 10.3. The molecule has 3 heteroatoms. The molecule has 0 aliphatic carbocycles. The third-order valence-corrected chi connectivity index (χ3v) is 3.99.